The molecule has 0 rings (SSSR count). The summed E-state index contributed by atoms with van der Waals surface area (Å²) >= 11 is 0. The Morgan fingerprint density at radius 2 is 1.89 bits per heavy atom. The monoisotopic (exact) mass is 137 g/mol. The predicted octanol–water partition coefficient (Wildman–Crippen LogP) is -4.89. The van der Waals surface area contributed by atoms with E-state index in [2.05, 4.69) is 0 Å². The van der Waals surface area contributed by atoms with Crippen molar-refractivity contribution in [3.8, 4) is 5.97 Å². The number of aldehydes is 1. The molecule has 1 N–H and O–H groups in total. The topological polar surface area (TPSA) is 78.2 Å². The normalized spacial score (nSPS) is 4.44. The molecule has 0 aliphatic heterocycles. The van der Waals surface area contributed by atoms with E-state index >= 15 is 0 Å². The molecule has 0 unspecified atom stereocenters. The molecule has 0 amide bonds. The van der Waals surface area contributed by atoms with Gasteiger partial charge in [-0.25, -0.2) is 4.79 Å². The van der Waals surface area contributed by atoms with Crippen LogP contribution in [0.2, 0.25) is 0 Å². The molecule has 0 saturated carbocycles. The number of rotatable bonds is 1. The van der Waals surface area contributed by atoms with Gasteiger partial charge in [-0.15, -0.1) is 0 Å². The number of carboxylic acid groups (broad SMARTS) is 1. The fourth-order valence-corrected chi connectivity index (χ4v) is 0. The summed E-state index contributed by atoms with van der Waals surface area (Å²) in [5, 5.41) is 14.8. The van der Waals surface area contributed by atoms with Gasteiger partial charge in [-0.1, -0.05) is 0 Å². The largest absolute Gasteiger partial charge is 1.00 e. The van der Waals surface area contributed by atoms with E-state index in [0.29, 0.717) is 0 Å². The number of nitriles is 1. The van der Waals surface area contributed by atoms with Crippen molar-refractivity contribution < 1.29 is 44.3 Å². The number of hydrogen-bond acceptors (Lipinski definition) is 3. The molecule has 0 fully saturated rings. The van der Waals surface area contributed by atoms with Gasteiger partial charge in [-0.05, 0) is 0 Å². The van der Waals surface area contributed by atoms with Crippen LogP contribution in [-0.2, 0) is 9.59 Å². The quantitative estimate of drug-likeness (QED) is 0.223. The average Bonchev–Trinajstić information content (AvgIpc) is 1.69. The number of nitrogens with zero attached hydrogens (tertiary/aromatic N) is 1. The SMILES string of the molecule is O=CC(=O)O.[BH3-]C#N.[Na+]. The van der Waals surface area contributed by atoms with Crippen LogP contribution in [0.4, 0.5) is 0 Å². The van der Waals surface area contributed by atoms with E-state index in [-0.39, 0.29) is 43.7 Å². The molecule has 0 aromatic rings. The van der Waals surface area contributed by atoms with Gasteiger partial charge < -0.3 is 5.11 Å². The molecule has 0 aliphatic rings. The third-order valence-corrected chi connectivity index (χ3v) is 0.101. The maximum absolute atomic E-state index is 9.00. The number of carbonyl (C=O) groups excluding carboxylic acids is 1. The average molecular weight is 137 g/mol. The molecule has 0 aliphatic carbocycles. The Morgan fingerprint density at radius 3 is 1.89 bits per heavy atom. The van der Waals surface area contributed by atoms with E-state index in [4.69, 9.17) is 20.0 Å². The molecule has 0 bridgehead atoms. The van der Waals surface area contributed by atoms with Gasteiger partial charge in [0.1, 0.15) is 0 Å². The second kappa shape index (κ2) is 15.6. The molecule has 0 atom stereocenters. The van der Waals surface area contributed by atoms with Crippen LogP contribution < -0.4 is 29.6 Å². The van der Waals surface area contributed by atoms with Crippen LogP contribution in [-0.4, -0.2) is 25.2 Å². The summed E-state index contributed by atoms with van der Waals surface area (Å²) in [6.07, 6.45) is -0.167. The molecule has 0 aromatic carbocycles. The summed E-state index contributed by atoms with van der Waals surface area (Å²) in [7, 11) is 0.0694. The number of carbonyl (C=O) groups is 2. The maximum Gasteiger partial charge on any atom is 1.00 e. The van der Waals surface area contributed by atoms with Crippen molar-refractivity contribution in [1.82, 2.24) is 0 Å². The summed E-state index contributed by atoms with van der Waals surface area (Å²) < 4.78 is 0. The molecule has 0 saturated heterocycles. The Bertz CT molecular complexity index is 121. The van der Waals surface area contributed by atoms with Crippen molar-refractivity contribution in [3.63, 3.8) is 0 Å². The molecule has 0 aromatic heterocycles. The van der Waals surface area contributed by atoms with Gasteiger partial charge in [0.05, 0.1) is 7.85 Å². The van der Waals surface area contributed by atoms with Crippen molar-refractivity contribution in [2.45, 2.75) is 0 Å². The van der Waals surface area contributed by atoms with E-state index in [1.54, 1.807) is 0 Å². The van der Waals surface area contributed by atoms with E-state index in [1.807, 2.05) is 5.97 Å². The van der Waals surface area contributed by atoms with Crippen LogP contribution in [0.5, 0.6) is 0 Å². The molecule has 4 nitrogen and oxygen atoms in total. The van der Waals surface area contributed by atoms with E-state index in [1.165, 1.54) is 0 Å². The molecular weight excluding hydrogens is 132 g/mol. The van der Waals surface area contributed by atoms with Gasteiger partial charge in [0.25, 0.3) is 0 Å². The second-order valence-corrected chi connectivity index (χ2v) is 0.456. The minimum absolute atomic E-state index is 0. The Morgan fingerprint density at radius 1 is 1.78 bits per heavy atom. The minimum Gasteiger partial charge on any atom is -0.476 e. The first kappa shape index (κ1) is 15.9. The second-order valence-electron chi connectivity index (χ2n) is 0.456. The van der Waals surface area contributed by atoms with Gasteiger partial charge in [0.2, 0.25) is 6.29 Å². The van der Waals surface area contributed by atoms with Crippen LogP contribution in [0.25, 0.3) is 0 Å². The van der Waals surface area contributed by atoms with Gasteiger partial charge in [0, 0.05) is 0 Å². The van der Waals surface area contributed by atoms with Gasteiger partial charge in [-0.2, -0.15) is 5.97 Å². The third kappa shape index (κ3) is 86.9. The Labute approximate surface area is 75.6 Å². The predicted molar refractivity (Wildman–Crippen MR) is 29.3 cm³/mol. The van der Waals surface area contributed by atoms with Crippen LogP contribution in [0, 0.1) is 11.2 Å². The molecule has 0 heterocycles. The minimum atomic E-state index is -1.43. The Balaban J connectivity index is -0.0000000800. The zero-order valence-electron chi connectivity index (χ0n) is 4.29. The third-order valence-electron chi connectivity index (χ3n) is 0.101. The zero-order chi connectivity index (χ0) is 6.99. The van der Waals surface area contributed by atoms with Crippen molar-refractivity contribution in [2.24, 2.45) is 0 Å². The first-order valence-corrected chi connectivity index (χ1v) is 1.18. The molecule has 9 heavy (non-hydrogen) atoms. The molecule has 44 valence electrons. The summed E-state index contributed by atoms with van der Waals surface area (Å²) in [6, 6.07) is 0. The van der Waals surface area contributed by atoms with Gasteiger partial charge in [0.15, 0.2) is 0 Å². The fourth-order valence-electron chi connectivity index (χ4n) is 0. The summed E-state index contributed by atoms with van der Waals surface area (Å²) in [5.41, 5.74) is 0. The van der Waals surface area contributed by atoms with Crippen molar-refractivity contribution >= 4 is 20.1 Å². The van der Waals surface area contributed by atoms with E-state index in [0.717, 1.165) is 0 Å². The number of carboxylic acids is 1. The van der Waals surface area contributed by atoms with Crippen LogP contribution in [0.15, 0.2) is 0 Å². The van der Waals surface area contributed by atoms with Crippen molar-refractivity contribution in [2.75, 3.05) is 0 Å². The van der Waals surface area contributed by atoms with E-state index < -0.39 is 5.97 Å². The van der Waals surface area contributed by atoms with Crippen molar-refractivity contribution in [3.05, 3.63) is 0 Å². The van der Waals surface area contributed by atoms with Crippen LogP contribution in [0.1, 0.15) is 0 Å². The molecular formula is C3H5BNNaO3. The van der Waals surface area contributed by atoms with E-state index in [9.17, 15) is 0 Å². The first-order valence-electron chi connectivity index (χ1n) is 1.18. The number of hydrogen-bond donors (Lipinski definition) is 1. The summed E-state index contributed by atoms with van der Waals surface area (Å²) in [6.45, 7) is 0. The summed E-state index contributed by atoms with van der Waals surface area (Å²) in [4.78, 5) is 17.9. The van der Waals surface area contributed by atoms with Crippen LogP contribution >= 0.6 is 0 Å². The number of aliphatic carboxylic acids is 1. The molecule has 6 heteroatoms. The maximum atomic E-state index is 9.00. The van der Waals surface area contributed by atoms with Crippen molar-refractivity contribution in [1.29, 1.82) is 5.26 Å². The Hall–Kier alpha value is -0.305. The fraction of sp³-hybridized carbons (Fsp3) is 0. The standard InChI is InChI=1S/C2H2O3.CH3BN.Na/c3-1-2(4)5;2-1-3;/h1H,(H,4,5);2H3;/q;-1;+1. The van der Waals surface area contributed by atoms with Gasteiger partial charge >= 0.3 is 35.5 Å². The molecule has 0 spiro atoms. The van der Waals surface area contributed by atoms with Gasteiger partial charge in [-0.3, -0.25) is 10.1 Å². The zero-order valence-corrected chi connectivity index (χ0v) is 6.29. The summed E-state index contributed by atoms with van der Waals surface area (Å²) in [5.74, 6) is 0.574. The smallest absolute Gasteiger partial charge is 0.476 e. The molecule has 0 radical (unpaired) electrons. The Kier molecular flexibility index (Phi) is 27.6. The van der Waals surface area contributed by atoms with Crippen LogP contribution in [0.3, 0.4) is 0 Å². The first-order chi connectivity index (χ1) is 3.68.